The lowest BCUT2D eigenvalue weighted by Gasteiger charge is -2.37. The van der Waals surface area contributed by atoms with E-state index >= 15 is 0 Å². The molecule has 1 aliphatic rings. The Balaban J connectivity index is 1.85. The summed E-state index contributed by atoms with van der Waals surface area (Å²) in [7, 11) is 0. The molecule has 1 aromatic rings. The molecule has 1 aromatic heterocycles. The largest absolute Gasteiger partial charge is 0.325 e. The Morgan fingerprint density at radius 1 is 1.25 bits per heavy atom. The highest BCUT2D eigenvalue weighted by molar-refractivity contribution is 4.92. The van der Waals surface area contributed by atoms with E-state index in [4.69, 9.17) is 5.73 Å². The number of nitrogens with zero attached hydrogens (tertiary/aromatic N) is 4. The van der Waals surface area contributed by atoms with Crippen LogP contribution in [0.3, 0.4) is 0 Å². The summed E-state index contributed by atoms with van der Waals surface area (Å²) in [4.78, 5) is 0. The number of nitrogens with two attached hydrogens (primary N) is 1. The molecule has 16 heavy (non-hydrogen) atoms. The molecule has 0 saturated heterocycles. The Morgan fingerprint density at radius 2 is 1.94 bits per heavy atom. The van der Waals surface area contributed by atoms with E-state index in [1.54, 1.807) is 4.68 Å². The number of aryl methyl sites for hydroxylation is 1. The van der Waals surface area contributed by atoms with Gasteiger partial charge in [0, 0.05) is 24.9 Å². The van der Waals surface area contributed by atoms with Gasteiger partial charge in [0.2, 0.25) is 5.92 Å². The molecule has 7 heteroatoms. The number of hydrogen-bond acceptors (Lipinski definition) is 4. The van der Waals surface area contributed by atoms with Crippen molar-refractivity contribution in [2.75, 3.05) is 0 Å². The van der Waals surface area contributed by atoms with Crippen molar-refractivity contribution >= 4 is 0 Å². The first-order chi connectivity index (χ1) is 7.49. The first kappa shape index (κ1) is 11.4. The molecule has 2 N–H and O–H groups in total. The van der Waals surface area contributed by atoms with Gasteiger partial charge in [0.1, 0.15) is 6.33 Å². The summed E-state index contributed by atoms with van der Waals surface area (Å²) in [5, 5.41) is 10.7. The molecule has 90 valence electrons. The fraction of sp³-hybridized carbons (Fsp3) is 0.889. The highest BCUT2D eigenvalue weighted by Crippen LogP contribution is 2.38. The van der Waals surface area contributed by atoms with Crippen molar-refractivity contribution < 1.29 is 8.78 Å². The van der Waals surface area contributed by atoms with Gasteiger partial charge in [-0.3, -0.25) is 0 Å². The molecule has 0 radical (unpaired) electrons. The second-order valence-corrected chi connectivity index (χ2v) is 4.54. The van der Waals surface area contributed by atoms with Crippen molar-refractivity contribution in [2.45, 2.75) is 50.1 Å². The van der Waals surface area contributed by atoms with E-state index in [1.807, 2.05) is 0 Å². The SMILES string of the molecule is NC1(CCn2cnnn2)CCC(F)(F)CC1. The molecule has 1 heterocycles. The third-order valence-electron chi connectivity index (χ3n) is 3.21. The predicted molar refractivity (Wildman–Crippen MR) is 52.8 cm³/mol. The minimum Gasteiger partial charge on any atom is -0.325 e. The zero-order chi connectivity index (χ0) is 11.6. The highest BCUT2D eigenvalue weighted by atomic mass is 19.3. The van der Waals surface area contributed by atoms with Crippen LogP contribution in [-0.4, -0.2) is 31.7 Å². The van der Waals surface area contributed by atoms with Crippen molar-refractivity contribution in [1.29, 1.82) is 0 Å². The third kappa shape index (κ3) is 2.72. The van der Waals surface area contributed by atoms with Crippen molar-refractivity contribution in [3.63, 3.8) is 0 Å². The summed E-state index contributed by atoms with van der Waals surface area (Å²) < 4.78 is 27.5. The van der Waals surface area contributed by atoms with Gasteiger partial charge in [-0.2, -0.15) is 0 Å². The second kappa shape index (κ2) is 4.04. The van der Waals surface area contributed by atoms with Crippen LogP contribution in [0, 0.1) is 0 Å². The van der Waals surface area contributed by atoms with Gasteiger partial charge in [0.05, 0.1) is 0 Å². The lowest BCUT2D eigenvalue weighted by Crippen LogP contribution is -2.46. The molecule has 5 nitrogen and oxygen atoms in total. The molecule has 0 atom stereocenters. The van der Waals surface area contributed by atoms with Crippen LogP contribution in [0.4, 0.5) is 8.78 Å². The minimum atomic E-state index is -2.53. The van der Waals surface area contributed by atoms with E-state index in [0.29, 0.717) is 25.8 Å². The van der Waals surface area contributed by atoms with Crippen molar-refractivity contribution in [3.05, 3.63) is 6.33 Å². The lowest BCUT2D eigenvalue weighted by molar-refractivity contribution is -0.0520. The standard InChI is InChI=1S/C9H15F2N5/c10-9(11)3-1-8(12,2-4-9)5-6-16-7-13-14-15-16/h7H,1-6,12H2. The van der Waals surface area contributed by atoms with Gasteiger partial charge in [-0.15, -0.1) is 5.10 Å². The summed E-state index contributed by atoms with van der Waals surface area (Å²) >= 11 is 0. The van der Waals surface area contributed by atoms with Crippen LogP contribution in [0.5, 0.6) is 0 Å². The lowest BCUT2D eigenvalue weighted by atomic mass is 9.78. The van der Waals surface area contributed by atoms with Crippen LogP contribution >= 0.6 is 0 Å². The van der Waals surface area contributed by atoms with E-state index in [-0.39, 0.29) is 12.8 Å². The molecule has 0 aliphatic heterocycles. The van der Waals surface area contributed by atoms with Crippen LogP contribution in [0.15, 0.2) is 6.33 Å². The molecule has 2 rings (SSSR count). The maximum atomic E-state index is 13.0. The number of alkyl halides is 2. The van der Waals surface area contributed by atoms with Crippen molar-refractivity contribution in [3.8, 4) is 0 Å². The fourth-order valence-corrected chi connectivity index (χ4v) is 1.98. The van der Waals surface area contributed by atoms with Crippen LogP contribution in [0.25, 0.3) is 0 Å². The van der Waals surface area contributed by atoms with Crippen molar-refractivity contribution in [1.82, 2.24) is 20.2 Å². The molecule has 0 spiro atoms. The number of tetrazole rings is 1. The molecule has 0 amide bonds. The molecule has 0 unspecified atom stereocenters. The fourth-order valence-electron chi connectivity index (χ4n) is 1.98. The van der Waals surface area contributed by atoms with Crippen LogP contribution in [-0.2, 0) is 6.54 Å². The first-order valence-corrected chi connectivity index (χ1v) is 5.37. The molecule has 0 aromatic carbocycles. The van der Waals surface area contributed by atoms with Gasteiger partial charge in [-0.25, -0.2) is 13.5 Å². The maximum absolute atomic E-state index is 13.0. The summed E-state index contributed by atoms with van der Waals surface area (Å²) in [6.07, 6.45) is 2.64. The number of halogens is 2. The maximum Gasteiger partial charge on any atom is 0.248 e. The number of rotatable bonds is 3. The quantitative estimate of drug-likeness (QED) is 0.841. The zero-order valence-corrected chi connectivity index (χ0v) is 8.94. The van der Waals surface area contributed by atoms with E-state index < -0.39 is 11.5 Å². The van der Waals surface area contributed by atoms with Crippen LogP contribution < -0.4 is 5.73 Å². The molecule has 0 bridgehead atoms. The smallest absolute Gasteiger partial charge is 0.248 e. The van der Waals surface area contributed by atoms with Gasteiger partial charge in [0.15, 0.2) is 0 Å². The monoisotopic (exact) mass is 231 g/mol. The summed E-state index contributed by atoms with van der Waals surface area (Å²) in [5.74, 6) is -2.53. The molecule has 1 fully saturated rings. The van der Waals surface area contributed by atoms with Crippen molar-refractivity contribution in [2.24, 2.45) is 5.73 Å². The number of hydrogen-bond donors (Lipinski definition) is 1. The van der Waals surface area contributed by atoms with Gasteiger partial charge in [-0.1, -0.05) is 0 Å². The predicted octanol–water partition coefficient (Wildman–Crippen LogP) is 0.970. The summed E-state index contributed by atoms with van der Waals surface area (Å²) in [6.45, 7) is 0.578. The van der Waals surface area contributed by atoms with E-state index in [1.165, 1.54) is 6.33 Å². The second-order valence-electron chi connectivity index (χ2n) is 4.54. The Hall–Kier alpha value is -1.11. The van der Waals surface area contributed by atoms with E-state index in [2.05, 4.69) is 15.5 Å². The Kier molecular flexibility index (Phi) is 2.88. The van der Waals surface area contributed by atoms with Crippen LogP contribution in [0.2, 0.25) is 0 Å². The summed E-state index contributed by atoms with van der Waals surface area (Å²) in [5.41, 5.74) is 5.59. The van der Waals surface area contributed by atoms with E-state index in [0.717, 1.165) is 0 Å². The van der Waals surface area contributed by atoms with Crippen LogP contribution in [0.1, 0.15) is 32.1 Å². The Labute approximate surface area is 92.0 Å². The average molecular weight is 231 g/mol. The zero-order valence-electron chi connectivity index (χ0n) is 8.94. The Morgan fingerprint density at radius 3 is 2.50 bits per heavy atom. The van der Waals surface area contributed by atoms with Gasteiger partial charge >= 0.3 is 0 Å². The minimum absolute atomic E-state index is 0.112. The third-order valence-corrected chi connectivity index (χ3v) is 3.21. The number of aromatic nitrogens is 4. The van der Waals surface area contributed by atoms with Gasteiger partial charge in [0.25, 0.3) is 0 Å². The van der Waals surface area contributed by atoms with Gasteiger partial charge < -0.3 is 5.73 Å². The molecule has 1 saturated carbocycles. The first-order valence-electron chi connectivity index (χ1n) is 5.37. The molecule has 1 aliphatic carbocycles. The Bertz CT molecular complexity index is 328. The van der Waals surface area contributed by atoms with Gasteiger partial charge in [-0.05, 0) is 29.7 Å². The molecular weight excluding hydrogens is 216 g/mol. The topological polar surface area (TPSA) is 69.6 Å². The summed E-state index contributed by atoms with van der Waals surface area (Å²) in [6, 6.07) is 0. The van der Waals surface area contributed by atoms with E-state index in [9.17, 15) is 8.78 Å². The average Bonchev–Trinajstić information content (AvgIpc) is 2.74. The highest BCUT2D eigenvalue weighted by Gasteiger charge is 2.40. The normalized spacial score (nSPS) is 23.2. The molecular formula is C9H15F2N5.